The van der Waals surface area contributed by atoms with E-state index < -0.39 is 0 Å². The summed E-state index contributed by atoms with van der Waals surface area (Å²) in [7, 11) is 2.05. The maximum Gasteiger partial charge on any atom is 0.122 e. The number of likely N-dealkylation sites (N-methyl/N-ethyl adjacent to an activating group) is 1. The van der Waals surface area contributed by atoms with Gasteiger partial charge in [-0.25, -0.2) is 0 Å². The summed E-state index contributed by atoms with van der Waals surface area (Å²) in [6, 6.07) is 4.17. The number of nitrogens with zero attached hydrogens (tertiary/aromatic N) is 1. The highest BCUT2D eigenvalue weighted by atomic mass is 16.5. The first-order valence-corrected chi connectivity index (χ1v) is 6.69. The lowest BCUT2D eigenvalue weighted by molar-refractivity contribution is 0.0542. The van der Waals surface area contributed by atoms with Gasteiger partial charge in [-0.1, -0.05) is 6.92 Å². The molecule has 0 fully saturated rings. The molecule has 0 saturated carbocycles. The Bertz CT molecular complexity index is 336. The number of aryl methyl sites for hydroxylation is 1. The molecule has 0 amide bonds. The summed E-state index contributed by atoms with van der Waals surface area (Å²) in [5, 5.41) is 0. The van der Waals surface area contributed by atoms with E-state index in [-0.39, 0.29) is 12.1 Å². The maximum absolute atomic E-state index is 5.85. The molecule has 0 saturated heterocycles. The van der Waals surface area contributed by atoms with Gasteiger partial charge in [-0.15, -0.1) is 0 Å². The topological polar surface area (TPSA) is 51.6 Å². The van der Waals surface area contributed by atoms with Crippen LogP contribution >= 0.6 is 0 Å². The van der Waals surface area contributed by atoms with Crippen LogP contribution in [-0.2, 0) is 11.2 Å². The zero-order valence-corrected chi connectivity index (χ0v) is 12.0. The number of hydrogen-bond acceptors (Lipinski definition) is 4. The quantitative estimate of drug-likeness (QED) is 0.772. The monoisotopic (exact) mass is 254 g/mol. The molecule has 1 heterocycles. The molecule has 0 aromatic carbocycles. The van der Waals surface area contributed by atoms with E-state index in [2.05, 4.69) is 18.9 Å². The van der Waals surface area contributed by atoms with Crippen molar-refractivity contribution in [2.75, 3.05) is 26.7 Å². The first-order chi connectivity index (χ1) is 8.58. The van der Waals surface area contributed by atoms with Crippen LogP contribution in [0.4, 0.5) is 0 Å². The summed E-state index contributed by atoms with van der Waals surface area (Å²) < 4.78 is 11.3. The SMILES string of the molecule is CCc1ccc(C(CN)N(C)CCOC(C)C)o1. The van der Waals surface area contributed by atoms with Crippen LogP contribution in [0.1, 0.15) is 38.3 Å². The Morgan fingerprint density at radius 3 is 2.61 bits per heavy atom. The average Bonchev–Trinajstić information content (AvgIpc) is 2.78. The van der Waals surface area contributed by atoms with Crippen LogP contribution in [-0.4, -0.2) is 37.7 Å². The minimum absolute atomic E-state index is 0.126. The first kappa shape index (κ1) is 15.2. The van der Waals surface area contributed by atoms with Crippen LogP contribution in [0.15, 0.2) is 16.5 Å². The highest BCUT2D eigenvalue weighted by Crippen LogP contribution is 2.21. The predicted molar refractivity (Wildman–Crippen MR) is 73.6 cm³/mol. The van der Waals surface area contributed by atoms with Gasteiger partial charge in [-0.3, -0.25) is 4.90 Å². The van der Waals surface area contributed by atoms with Crippen molar-refractivity contribution >= 4 is 0 Å². The summed E-state index contributed by atoms with van der Waals surface area (Å²) in [6.07, 6.45) is 1.18. The average molecular weight is 254 g/mol. The summed E-state index contributed by atoms with van der Waals surface area (Å²) in [5.74, 6) is 1.96. The third-order valence-electron chi connectivity index (χ3n) is 3.01. The number of hydrogen-bond donors (Lipinski definition) is 1. The minimum atomic E-state index is 0.126. The number of nitrogens with two attached hydrogens (primary N) is 1. The first-order valence-electron chi connectivity index (χ1n) is 6.69. The molecule has 4 nitrogen and oxygen atoms in total. The van der Waals surface area contributed by atoms with E-state index in [1.54, 1.807) is 0 Å². The molecule has 1 aromatic rings. The summed E-state index contributed by atoms with van der Waals surface area (Å²) in [6.45, 7) is 8.28. The number of ether oxygens (including phenoxy) is 1. The summed E-state index contributed by atoms with van der Waals surface area (Å²) in [4.78, 5) is 2.18. The van der Waals surface area contributed by atoms with E-state index in [1.807, 2.05) is 26.0 Å². The maximum atomic E-state index is 5.85. The second-order valence-electron chi connectivity index (χ2n) is 4.81. The fourth-order valence-corrected chi connectivity index (χ4v) is 1.87. The van der Waals surface area contributed by atoms with Gasteiger partial charge in [-0.05, 0) is 33.0 Å². The van der Waals surface area contributed by atoms with Gasteiger partial charge in [-0.2, -0.15) is 0 Å². The van der Waals surface area contributed by atoms with Gasteiger partial charge in [0.15, 0.2) is 0 Å². The van der Waals surface area contributed by atoms with Crippen LogP contribution in [0.25, 0.3) is 0 Å². The van der Waals surface area contributed by atoms with Crippen molar-refractivity contribution in [2.24, 2.45) is 5.73 Å². The lowest BCUT2D eigenvalue weighted by Gasteiger charge is -2.25. The number of furan rings is 1. The van der Waals surface area contributed by atoms with Gasteiger partial charge in [0, 0.05) is 19.5 Å². The lowest BCUT2D eigenvalue weighted by Crippen LogP contribution is -2.33. The Morgan fingerprint density at radius 1 is 1.39 bits per heavy atom. The van der Waals surface area contributed by atoms with Crippen LogP contribution in [0, 0.1) is 0 Å². The molecule has 0 aliphatic carbocycles. The van der Waals surface area contributed by atoms with E-state index in [0.717, 1.165) is 24.5 Å². The smallest absolute Gasteiger partial charge is 0.122 e. The fourth-order valence-electron chi connectivity index (χ4n) is 1.87. The fraction of sp³-hybridized carbons (Fsp3) is 0.714. The zero-order chi connectivity index (χ0) is 13.5. The minimum Gasteiger partial charge on any atom is -0.464 e. The Kier molecular flexibility index (Phi) is 6.39. The van der Waals surface area contributed by atoms with Gasteiger partial charge in [0.2, 0.25) is 0 Å². The standard InChI is InChI=1S/C14H26N2O2/c1-5-12-6-7-14(18-12)13(10-15)16(4)8-9-17-11(2)3/h6-7,11,13H,5,8-10,15H2,1-4H3. The molecule has 1 atom stereocenters. The molecule has 2 N–H and O–H groups in total. The molecular weight excluding hydrogens is 228 g/mol. The van der Waals surface area contributed by atoms with Crippen LogP contribution in [0.5, 0.6) is 0 Å². The van der Waals surface area contributed by atoms with Gasteiger partial charge in [0.05, 0.1) is 18.8 Å². The van der Waals surface area contributed by atoms with Crippen molar-refractivity contribution in [2.45, 2.75) is 39.3 Å². The molecule has 1 rings (SSSR count). The summed E-state index contributed by atoms with van der Waals surface area (Å²) in [5.41, 5.74) is 5.85. The second kappa shape index (κ2) is 7.56. The normalized spacial score (nSPS) is 13.5. The van der Waals surface area contributed by atoms with Crippen molar-refractivity contribution in [3.63, 3.8) is 0 Å². The molecule has 0 radical (unpaired) electrons. The van der Waals surface area contributed by atoms with Crippen LogP contribution in [0.2, 0.25) is 0 Å². The Labute approximate surface area is 110 Å². The van der Waals surface area contributed by atoms with Gasteiger partial charge < -0.3 is 14.9 Å². The molecule has 18 heavy (non-hydrogen) atoms. The Hall–Kier alpha value is -0.840. The summed E-state index contributed by atoms with van der Waals surface area (Å²) >= 11 is 0. The van der Waals surface area contributed by atoms with E-state index in [4.69, 9.17) is 14.9 Å². The molecule has 4 heteroatoms. The van der Waals surface area contributed by atoms with Crippen molar-refractivity contribution in [3.05, 3.63) is 23.7 Å². The molecule has 0 aliphatic heterocycles. The molecule has 0 aliphatic rings. The largest absolute Gasteiger partial charge is 0.464 e. The highest BCUT2D eigenvalue weighted by molar-refractivity contribution is 5.11. The molecule has 0 spiro atoms. The molecule has 0 bridgehead atoms. The molecule has 1 unspecified atom stereocenters. The van der Waals surface area contributed by atoms with Crippen molar-refractivity contribution in [3.8, 4) is 0 Å². The van der Waals surface area contributed by atoms with Crippen molar-refractivity contribution in [1.29, 1.82) is 0 Å². The predicted octanol–water partition coefficient (Wildman–Crippen LogP) is 2.20. The van der Waals surface area contributed by atoms with E-state index >= 15 is 0 Å². The van der Waals surface area contributed by atoms with Gasteiger partial charge in [0.25, 0.3) is 0 Å². The van der Waals surface area contributed by atoms with Crippen molar-refractivity contribution < 1.29 is 9.15 Å². The van der Waals surface area contributed by atoms with E-state index in [1.165, 1.54) is 0 Å². The number of rotatable bonds is 8. The lowest BCUT2D eigenvalue weighted by atomic mass is 10.2. The van der Waals surface area contributed by atoms with Crippen LogP contribution in [0.3, 0.4) is 0 Å². The van der Waals surface area contributed by atoms with E-state index in [9.17, 15) is 0 Å². The molecule has 1 aromatic heterocycles. The highest BCUT2D eigenvalue weighted by Gasteiger charge is 2.18. The third kappa shape index (κ3) is 4.44. The Balaban J connectivity index is 2.53. The molecule has 104 valence electrons. The van der Waals surface area contributed by atoms with Crippen LogP contribution < -0.4 is 5.73 Å². The van der Waals surface area contributed by atoms with Gasteiger partial charge in [0.1, 0.15) is 11.5 Å². The van der Waals surface area contributed by atoms with Gasteiger partial charge >= 0.3 is 0 Å². The third-order valence-corrected chi connectivity index (χ3v) is 3.01. The molecular formula is C14H26N2O2. The zero-order valence-electron chi connectivity index (χ0n) is 12.0. The van der Waals surface area contributed by atoms with E-state index in [0.29, 0.717) is 13.2 Å². The Morgan fingerprint density at radius 2 is 2.11 bits per heavy atom. The second-order valence-corrected chi connectivity index (χ2v) is 4.81. The van der Waals surface area contributed by atoms with Crippen molar-refractivity contribution in [1.82, 2.24) is 4.90 Å².